The summed E-state index contributed by atoms with van der Waals surface area (Å²) in [6.45, 7) is 7.82. The van der Waals surface area contributed by atoms with E-state index >= 15 is 0 Å². The number of ether oxygens (including phenoxy) is 1. The minimum absolute atomic E-state index is 0.0245. The third kappa shape index (κ3) is 5.68. The van der Waals surface area contributed by atoms with E-state index in [9.17, 15) is 13.2 Å². The number of carbonyl (C=O) groups excluding carboxylic acids is 1. The van der Waals surface area contributed by atoms with Crippen LogP contribution in [0, 0.1) is 5.92 Å². The zero-order valence-corrected chi connectivity index (χ0v) is 18.4. The average molecular weight is 412 g/mol. The van der Waals surface area contributed by atoms with Crippen molar-refractivity contribution in [3.8, 4) is 5.75 Å². The van der Waals surface area contributed by atoms with Gasteiger partial charge in [-0.3, -0.25) is 4.79 Å². The fourth-order valence-electron chi connectivity index (χ4n) is 3.29. The Balaban J connectivity index is 1.85. The molecule has 1 fully saturated rings. The minimum atomic E-state index is -3.48. The van der Waals surface area contributed by atoms with Crippen LogP contribution in [0.5, 0.6) is 5.75 Å². The molecule has 0 radical (unpaired) electrons. The molecule has 1 aliphatic rings. The summed E-state index contributed by atoms with van der Waals surface area (Å²) in [4.78, 5) is 12.5. The molecule has 1 aromatic rings. The van der Waals surface area contributed by atoms with E-state index in [0.717, 1.165) is 11.3 Å². The number of carbonyl (C=O) groups is 1. The van der Waals surface area contributed by atoms with Crippen molar-refractivity contribution in [2.75, 3.05) is 40.3 Å². The number of piperidine rings is 1. The van der Waals surface area contributed by atoms with E-state index in [-0.39, 0.29) is 23.8 Å². The molecule has 1 N–H and O–H groups in total. The molecule has 0 spiro atoms. The Labute approximate surface area is 169 Å². The summed E-state index contributed by atoms with van der Waals surface area (Å²) in [5.41, 5.74) is 1.10. The molecule has 1 amide bonds. The van der Waals surface area contributed by atoms with Gasteiger partial charge in [0.2, 0.25) is 5.91 Å². The monoisotopic (exact) mass is 411 g/mol. The first-order valence-electron chi connectivity index (χ1n) is 9.71. The number of hydrogen-bond acceptors (Lipinski definition) is 4. The Morgan fingerprint density at radius 1 is 1.29 bits per heavy atom. The summed E-state index contributed by atoms with van der Waals surface area (Å²) in [5, 5.41) is 2.88. The van der Waals surface area contributed by atoms with Gasteiger partial charge in [0, 0.05) is 27.2 Å². The highest BCUT2D eigenvalue weighted by atomic mass is 32.2. The molecule has 28 heavy (non-hydrogen) atoms. The van der Waals surface area contributed by atoms with Crippen molar-refractivity contribution in [2.45, 2.75) is 39.0 Å². The molecule has 1 aromatic carbocycles. The molecule has 7 nitrogen and oxygen atoms in total. The molecule has 1 unspecified atom stereocenters. The van der Waals surface area contributed by atoms with Gasteiger partial charge in [0.05, 0.1) is 12.5 Å². The van der Waals surface area contributed by atoms with Crippen molar-refractivity contribution >= 4 is 16.1 Å². The summed E-state index contributed by atoms with van der Waals surface area (Å²) in [7, 11) is -0.473. The maximum Gasteiger partial charge on any atom is 0.281 e. The molecular formula is C20H33N3O4S. The van der Waals surface area contributed by atoms with Crippen LogP contribution < -0.4 is 10.1 Å². The van der Waals surface area contributed by atoms with Crippen molar-refractivity contribution in [1.82, 2.24) is 13.9 Å². The molecule has 8 heteroatoms. The van der Waals surface area contributed by atoms with E-state index in [4.69, 9.17) is 4.74 Å². The van der Waals surface area contributed by atoms with Gasteiger partial charge in [-0.1, -0.05) is 39.0 Å². The Kier molecular flexibility index (Phi) is 7.47. The highest BCUT2D eigenvalue weighted by molar-refractivity contribution is 7.86. The molecule has 2 rings (SSSR count). The molecule has 0 saturated carbocycles. The second kappa shape index (κ2) is 9.24. The van der Waals surface area contributed by atoms with Crippen molar-refractivity contribution in [2.24, 2.45) is 5.92 Å². The second-order valence-electron chi connectivity index (χ2n) is 8.37. The maximum atomic E-state index is 12.5. The lowest BCUT2D eigenvalue weighted by molar-refractivity contribution is -0.126. The molecule has 1 heterocycles. The van der Waals surface area contributed by atoms with Crippen LogP contribution in [0.1, 0.15) is 39.2 Å². The van der Waals surface area contributed by atoms with Gasteiger partial charge in [-0.15, -0.1) is 0 Å². The standard InChI is InChI=1S/C20H33N3O4S/c1-20(2,3)17-10-6-7-11-18(17)27-14-12-21-19(24)16-9-8-13-23(15-16)28(25,26)22(4)5/h6-7,10-11,16H,8-9,12-15H2,1-5H3,(H,21,24). The topological polar surface area (TPSA) is 79.0 Å². The summed E-state index contributed by atoms with van der Waals surface area (Å²) in [6.07, 6.45) is 1.37. The molecule has 1 saturated heterocycles. The van der Waals surface area contributed by atoms with Gasteiger partial charge < -0.3 is 10.1 Å². The zero-order chi connectivity index (χ0) is 20.9. The predicted molar refractivity (Wildman–Crippen MR) is 111 cm³/mol. The zero-order valence-electron chi connectivity index (χ0n) is 17.6. The van der Waals surface area contributed by atoms with Gasteiger partial charge in [-0.2, -0.15) is 17.0 Å². The van der Waals surface area contributed by atoms with Crippen LogP contribution in [0.2, 0.25) is 0 Å². The van der Waals surface area contributed by atoms with Crippen LogP contribution in [0.15, 0.2) is 24.3 Å². The molecule has 0 bridgehead atoms. The number of rotatable bonds is 7. The van der Waals surface area contributed by atoms with Gasteiger partial charge in [-0.25, -0.2) is 0 Å². The molecule has 0 aliphatic carbocycles. The average Bonchev–Trinajstić information content (AvgIpc) is 2.64. The van der Waals surface area contributed by atoms with Crippen LogP contribution in [-0.2, 0) is 20.4 Å². The normalized spacial score (nSPS) is 18.9. The highest BCUT2D eigenvalue weighted by Gasteiger charge is 2.33. The van der Waals surface area contributed by atoms with Crippen molar-refractivity contribution in [3.63, 3.8) is 0 Å². The van der Waals surface area contributed by atoms with Gasteiger partial charge in [0.1, 0.15) is 12.4 Å². The molecule has 158 valence electrons. The number of amides is 1. The SMILES string of the molecule is CN(C)S(=O)(=O)N1CCCC(C(=O)NCCOc2ccccc2C(C)(C)C)C1. The summed E-state index contributed by atoms with van der Waals surface area (Å²) in [6, 6.07) is 7.92. The van der Waals surface area contributed by atoms with E-state index < -0.39 is 10.2 Å². The Bertz CT molecular complexity index is 772. The van der Waals surface area contributed by atoms with Crippen molar-refractivity contribution in [1.29, 1.82) is 0 Å². The van der Waals surface area contributed by atoms with Crippen LogP contribution in [0.4, 0.5) is 0 Å². The Hall–Kier alpha value is -1.64. The molecular weight excluding hydrogens is 378 g/mol. The lowest BCUT2D eigenvalue weighted by Crippen LogP contribution is -2.49. The summed E-state index contributed by atoms with van der Waals surface area (Å²) in [5.74, 6) is 0.377. The van der Waals surface area contributed by atoms with Crippen molar-refractivity contribution in [3.05, 3.63) is 29.8 Å². The van der Waals surface area contributed by atoms with Gasteiger partial charge in [0.25, 0.3) is 10.2 Å². The lowest BCUT2D eigenvalue weighted by Gasteiger charge is -2.32. The number of hydrogen-bond donors (Lipinski definition) is 1. The van der Waals surface area contributed by atoms with E-state index in [1.165, 1.54) is 22.7 Å². The van der Waals surface area contributed by atoms with Crippen molar-refractivity contribution < 1.29 is 17.9 Å². The van der Waals surface area contributed by atoms with E-state index in [0.29, 0.717) is 32.5 Å². The number of nitrogens with zero attached hydrogens (tertiary/aromatic N) is 2. The smallest absolute Gasteiger partial charge is 0.281 e. The summed E-state index contributed by atoms with van der Waals surface area (Å²) >= 11 is 0. The third-order valence-electron chi connectivity index (χ3n) is 4.90. The molecule has 1 atom stereocenters. The Morgan fingerprint density at radius 3 is 2.61 bits per heavy atom. The van der Waals surface area contributed by atoms with E-state index in [1.807, 2.05) is 18.2 Å². The fourth-order valence-corrected chi connectivity index (χ4v) is 4.48. The Morgan fingerprint density at radius 2 is 1.96 bits per heavy atom. The minimum Gasteiger partial charge on any atom is -0.491 e. The van der Waals surface area contributed by atoms with Crippen LogP contribution in [0.25, 0.3) is 0 Å². The third-order valence-corrected chi connectivity index (χ3v) is 6.80. The predicted octanol–water partition coefficient (Wildman–Crippen LogP) is 2.00. The van der Waals surface area contributed by atoms with Gasteiger partial charge in [0.15, 0.2) is 0 Å². The molecule has 1 aliphatic heterocycles. The number of para-hydroxylation sites is 1. The molecule has 0 aromatic heterocycles. The fraction of sp³-hybridized carbons (Fsp3) is 0.650. The second-order valence-corrected chi connectivity index (χ2v) is 10.5. The maximum absolute atomic E-state index is 12.5. The number of nitrogens with one attached hydrogen (secondary N) is 1. The first-order chi connectivity index (χ1) is 13.0. The van der Waals surface area contributed by atoms with E-state index in [1.54, 1.807) is 0 Å². The largest absolute Gasteiger partial charge is 0.491 e. The van der Waals surface area contributed by atoms with Gasteiger partial charge in [-0.05, 0) is 29.9 Å². The lowest BCUT2D eigenvalue weighted by atomic mass is 9.86. The van der Waals surface area contributed by atoms with Crippen LogP contribution in [0.3, 0.4) is 0 Å². The van der Waals surface area contributed by atoms with Crippen LogP contribution >= 0.6 is 0 Å². The van der Waals surface area contributed by atoms with Gasteiger partial charge >= 0.3 is 0 Å². The highest BCUT2D eigenvalue weighted by Crippen LogP contribution is 2.30. The number of benzene rings is 1. The van der Waals surface area contributed by atoms with Crippen LogP contribution in [-0.4, -0.2) is 63.3 Å². The first-order valence-corrected chi connectivity index (χ1v) is 11.1. The quantitative estimate of drug-likeness (QED) is 0.696. The van der Waals surface area contributed by atoms with E-state index in [2.05, 4.69) is 32.2 Å². The first kappa shape index (κ1) is 22.6. The summed E-state index contributed by atoms with van der Waals surface area (Å²) < 4.78 is 33.0.